The summed E-state index contributed by atoms with van der Waals surface area (Å²) < 4.78 is 26.5. The highest BCUT2D eigenvalue weighted by Crippen LogP contribution is 2.64. The van der Waals surface area contributed by atoms with E-state index in [0.29, 0.717) is 12.1 Å². The molecular formula is C17H15Cl3N2O3S. The van der Waals surface area contributed by atoms with Crippen molar-refractivity contribution in [3.63, 3.8) is 0 Å². The molecular weight excluding hydrogens is 419 g/mol. The van der Waals surface area contributed by atoms with E-state index in [2.05, 4.69) is 10.0 Å². The van der Waals surface area contributed by atoms with Crippen LogP contribution >= 0.6 is 34.8 Å². The molecule has 3 rings (SSSR count). The summed E-state index contributed by atoms with van der Waals surface area (Å²) in [6.07, 6.45) is 0.334. The zero-order valence-corrected chi connectivity index (χ0v) is 16.7. The van der Waals surface area contributed by atoms with Crippen LogP contribution in [-0.4, -0.2) is 18.7 Å². The van der Waals surface area contributed by atoms with Crippen LogP contribution < -0.4 is 10.0 Å². The fraction of sp³-hybridized carbons (Fsp3) is 0.235. The molecule has 1 aliphatic carbocycles. The van der Waals surface area contributed by atoms with Crippen LogP contribution in [0.3, 0.4) is 0 Å². The first kappa shape index (κ1) is 19.3. The fourth-order valence-corrected chi connectivity index (χ4v) is 4.47. The van der Waals surface area contributed by atoms with E-state index < -0.39 is 19.8 Å². The van der Waals surface area contributed by atoms with Gasteiger partial charge in [0.25, 0.3) is 10.0 Å². The van der Waals surface area contributed by atoms with Crippen molar-refractivity contribution < 1.29 is 13.2 Å². The molecule has 0 bridgehead atoms. The lowest BCUT2D eigenvalue weighted by molar-refractivity contribution is -0.120. The summed E-state index contributed by atoms with van der Waals surface area (Å²) in [5.41, 5.74) is -0.307. The zero-order chi connectivity index (χ0) is 19.2. The zero-order valence-electron chi connectivity index (χ0n) is 13.6. The summed E-state index contributed by atoms with van der Waals surface area (Å²) in [4.78, 5) is 12.3. The van der Waals surface area contributed by atoms with Gasteiger partial charge in [-0.1, -0.05) is 29.8 Å². The van der Waals surface area contributed by atoms with Crippen molar-refractivity contribution in [1.29, 1.82) is 0 Å². The summed E-state index contributed by atoms with van der Waals surface area (Å²) >= 11 is 18.0. The number of benzene rings is 2. The first-order valence-corrected chi connectivity index (χ1v) is 10.2. The normalized spacial score (nSPS) is 21.1. The van der Waals surface area contributed by atoms with Crippen molar-refractivity contribution >= 4 is 62.1 Å². The Morgan fingerprint density at radius 2 is 1.77 bits per heavy atom. The smallest absolute Gasteiger partial charge is 0.262 e. The van der Waals surface area contributed by atoms with Gasteiger partial charge in [-0.2, -0.15) is 0 Å². The van der Waals surface area contributed by atoms with Crippen molar-refractivity contribution in [1.82, 2.24) is 0 Å². The molecule has 1 aliphatic rings. The Balaban J connectivity index is 1.81. The summed E-state index contributed by atoms with van der Waals surface area (Å²) in [7, 11) is -3.87. The largest absolute Gasteiger partial charge is 0.325 e. The van der Waals surface area contributed by atoms with Gasteiger partial charge in [0.05, 0.1) is 21.0 Å². The van der Waals surface area contributed by atoms with Gasteiger partial charge >= 0.3 is 0 Å². The molecule has 2 N–H and O–H groups in total. The third-order valence-electron chi connectivity index (χ3n) is 4.28. The highest BCUT2D eigenvalue weighted by molar-refractivity contribution is 7.92. The molecule has 1 saturated carbocycles. The van der Waals surface area contributed by atoms with Gasteiger partial charge < -0.3 is 5.32 Å². The molecule has 0 heterocycles. The molecule has 9 heteroatoms. The topological polar surface area (TPSA) is 75.3 Å². The number of anilines is 2. The van der Waals surface area contributed by atoms with E-state index >= 15 is 0 Å². The molecule has 0 aromatic heterocycles. The van der Waals surface area contributed by atoms with E-state index in [4.69, 9.17) is 34.8 Å². The second-order valence-electron chi connectivity index (χ2n) is 6.28. The SMILES string of the molecule is CC1(C(=O)Nc2cccc(S(=O)(=O)Nc3ccccc3Cl)c2)CC1(Cl)Cl. The van der Waals surface area contributed by atoms with E-state index in [0.717, 1.165) is 0 Å². The maximum absolute atomic E-state index is 12.6. The number of hydrogen-bond donors (Lipinski definition) is 2. The lowest BCUT2D eigenvalue weighted by Crippen LogP contribution is -2.26. The Morgan fingerprint density at radius 3 is 2.38 bits per heavy atom. The van der Waals surface area contributed by atoms with Crippen LogP contribution in [0.1, 0.15) is 13.3 Å². The highest BCUT2D eigenvalue weighted by Gasteiger charge is 2.67. The van der Waals surface area contributed by atoms with Gasteiger partial charge in [0.15, 0.2) is 0 Å². The van der Waals surface area contributed by atoms with Gasteiger partial charge in [-0.25, -0.2) is 8.42 Å². The third kappa shape index (κ3) is 3.64. The number of amides is 1. The summed E-state index contributed by atoms with van der Waals surface area (Å²) in [6, 6.07) is 12.4. The van der Waals surface area contributed by atoms with E-state index in [1.54, 1.807) is 37.3 Å². The van der Waals surface area contributed by atoms with Gasteiger partial charge in [-0.05, 0) is 43.7 Å². The van der Waals surface area contributed by atoms with Gasteiger partial charge in [-0.3, -0.25) is 9.52 Å². The number of sulfonamides is 1. The van der Waals surface area contributed by atoms with Crippen LogP contribution in [0.4, 0.5) is 11.4 Å². The Labute approximate surface area is 166 Å². The third-order valence-corrected chi connectivity index (χ3v) is 7.07. The Kier molecular flexibility index (Phi) is 4.90. The molecule has 1 atom stereocenters. The summed E-state index contributed by atoms with van der Waals surface area (Å²) in [5.74, 6) is -0.365. The van der Waals surface area contributed by atoms with Crippen molar-refractivity contribution in [2.75, 3.05) is 10.0 Å². The van der Waals surface area contributed by atoms with E-state index in [9.17, 15) is 13.2 Å². The maximum Gasteiger partial charge on any atom is 0.262 e. The van der Waals surface area contributed by atoms with E-state index in [1.165, 1.54) is 18.2 Å². The first-order chi connectivity index (χ1) is 12.1. The number of alkyl halides is 2. The van der Waals surface area contributed by atoms with Gasteiger partial charge in [0.1, 0.15) is 4.33 Å². The van der Waals surface area contributed by atoms with Crippen LogP contribution in [-0.2, 0) is 14.8 Å². The second-order valence-corrected chi connectivity index (χ2v) is 9.85. The number of halogens is 3. The minimum Gasteiger partial charge on any atom is -0.325 e. The fourth-order valence-electron chi connectivity index (χ4n) is 2.40. The molecule has 5 nitrogen and oxygen atoms in total. The molecule has 0 spiro atoms. The van der Waals surface area contributed by atoms with Crippen molar-refractivity contribution in [2.24, 2.45) is 5.41 Å². The number of rotatable bonds is 5. The monoisotopic (exact) mass is 432 g/mol. The summed E-state index contributed by atoms with van der Waals surface area (Å²) in [6.45, 7) is 1.65. The molecule has 138 valence electrons. The average molecular weight is 434 g/mol. The van der Waals surface area contributed by atoms with Crippen LogP contribution in [0, 0.1) is 5.41 Å². The number of nitrogens with one attached hydrogen (secondary N) is 2. The first-order valence-electron chi connectivity index (χ1n) is 7.62. The van der Waals surface area contributed by atoms with E-state index in [-0.39, 0.29) is 21.5 Å². The van der Waals surface area contributed by atoms with Gasteiger partial charge in [-0.15, -0.1) is 23.2 Å². The highest BCUT2D eigenvalue weighted by atomic mass is 35.5. The van der Waals surface area contributed by atoms with Crippen molar-refractivity contribution in [3.8, 4) is 0 Å². The van der Waals surface area contributed by atoms with Crippen LogP contribution in [0.5, 0.6) is 0 Å². The Hall–Kier alpha value is -1.47. The molecule has 1 fully saturated rings. The van der Waals surface area contributed by atoms with Gasteiger partial charge in [0.2, 0.25) is 5.91 Å². The lowest BCUT2D eigenvalue weighted by atomic mass is 10.1. The number of carbonyl (C=O) groups is 1. The molecule has 0 saturated heterocycles. The molecule has 1 unspecified atom stereocenters. The molecule has 0 aliphatic heterocycles. The molecule has 0 radical (unpaired) electrons. The Bertz CT molecular complexity index is 979. The van der Waals surface area contributed by atoms with Crippen LogP contribution in [0.15, 0.2) is 53.4 Å². The molecule has 26 heavy (non-hydrogen) atoms. The molecule has 2 aromatic rings. The standard InChI is InChI=1S/C17H15Cl3N2O3S/c1-16(10-17(16,19)20)15(23)21-11-5-4-6-12(9-11)26(24,25)22-14-8-3-2-7-13(14)18/h2-9,22H,10H2,1H3,(H,21,23). The van der Waals surface area contributed by atoms with Gasteiger partial charge in [0, 0.05) is 5.69 Å². The predicted octanol–water partition coefficient (Wildman–Crippen LogP) is 4.66. The predicted molar refractivity (Wildman–Crippen MR) is 104 cm³/mol. The minimum absolute atomic E-state index is 0.0146. The number of para-hydroxylation sites is 1. The van der Waals surface area contributed by atoms with Crippen LogP contribution in [0.2, 0.25) is 5.02 Å². The molecule has 1 amide bonds. The molecule has 2 aromatic carbocycles. The van der Waals surface area contributed by atoms with E-state index in [1.807, 2.05) is 0 Å². The second kappa shape index (κ2) is 6.60. The summed E-state index contributed by atoms with van der Waals surface area (Å²) in [5, 5.41) is 2.94. The Morgan fingerprint density at radius 1 is 1.12 bits per heavy atom. The van der Waals surface area contributed by atoms with Crippen molar-refractivity contribution in [2.45, 2.75) is 22.6 Å². The van der Waals surface area contributed by atoms with Crippen LogP contribution in [0.25, 0.3) is 0 Å². The average Bonchev–Trinajstić information content (AvgIpc) is 3.09. The number of hydrogen-bond acceptors (Lipinski definition) is 3. The minimum atomic E-state index is -3.87. The quantitative estimate of drug-likeness (QED) is 0.673. The van der Waals surface area contributed by atoms with Crippen molar-refractivity contribution in [3.05, 3.63) is 53.6 Å². The maximum atomic E-state index is 12.6. The number of carbonyl (C=O) groups excluding carboxylic acids is 1. The lowest BCUT2D eigenvalue weighted by Gasteiger charge is -2.14.